The quantitative estimate of drug-likeness (QED) is 0.479. The van der Waals surface area contributed by atoms with Crippen molar-refractivity contribution in [3.8, 4) is 0 Å². The number of amides is 1. The van der Waals surface area contributed by atoms with Crippen LogP contribution in [0.5, 0.6) is 0 Å². The largest absolute Gasteiger partial charge is 0.337 e. The van der Waals surface area contributed by atoms with Crippen LogP contribution in [-0.2, 0) is 4.84 Å². The third kappa shape index (κ3) is 3.68. The summed E-state index contributed by atoms with van der Waals surface area (Å²) in [7, 11) is 3.10. The maximum atomic E-state index is 14.3. The predicted molar refractivity (Wildman–Crippen MR) is 89.0 cm³/mol. The lowest BCUT2D eigenvalue weighted by molar-refractivity contribution is 0.0538. The van der Waals surface area contributed by atoms with E-state index >= 15 is 0 Å². The Hall–Kier alpha value is -2.00. The molecule has 0 radical (unpaired) electrons. The maximum absolute atomic E-state index is 14.3. The molecule has 2 rings (SSSR count). The number of halogens is 3. The summed E-state index contributed by atoms with van der Waals surface area (Å²) >= 11 is 2.88. The molecule has 1 heterocycles. The van der Waals surface area contributed by atoms with Gasteiger partial charge in [0.05, 0.1) is 22.8 Å². The minimum atomic E-state index is -1.19. The second-order valence-electron chi connectivity index (χ2n) is 4.85. The van der Waals surface area contributed by atoms with Crippen molar-refractivity contribution in [3.63, 3.8) is 0 Å². The number of hydrogen-bond donors (Lipinski definition) is 2. The van der Waals surface area contributed by atoms with E-state index in [9.17, 15) is 13.6 Å². The van der Waals surface area contributed by atoms with Crippen LogP contribution in [0, 0.1) is 18.6 Å². The lowest BCUT2D eigenvalue weighted by Crippen LogP contribution is -2.23. The fraction of sp³-hybridized carbons (Fsp3) is 0.143. The van der Waals surface area contributed by atoms with Crippen molar-refractivity contribution >= 4 is 46.7 Å². The average Bonchev–Trinajstić information content (AvgIpc) is 2.50. The number of hydroxylamine groups is 1. The Bertz CT molecular complexity index is 774. The Morgan fingerprint density at radius 3 is 2.65 bits per heavy atom. The van der Waals surface area contributed by atoms with Crippen LogP contribution in [-0.4, -0.2) is 25.8 Å². The standard InChI is InChI=1S/C14H13BBrF2N3O2/c1-6-3-7(15)5-19-13(6)20-12-8(14(22)21-23-2)4-9(16)10(17)11(12)18/h3-5H,15H2,1-2H3,(H,19,20)(H,21,22). The zero-order chi connectivity index (χ0) is 17.1. The first-order valence-corrected chi connectivity index (χ1v) is 7.35. The summed E-state index contributed by atoms with van der Waals surface area (Å²) < 4.78 is 28.0. The zero-order valence-corrected chi connectivity index (χ0v) is 14.2. The highest BCUT2D eigenvalue weighted by atomic mass is 79.9. The van der Waals surface area contributed by atoms with Crippen molar-refractivity contribution < 1.29 is 18.4 Å². The van der Waals surface area contributed by atoms with Gasteiger partial charge in [0.25, 0.3) is 5.91 Å². The predicted octanol–water partition coefficient (Wildman–Crippen LogP) is 1.72. The van der Waals surface area contributed by atoms with Crippen LogP contribution in [0.25, 0.3) is 0 Å². The number of rotatable bonds is 4. The molecule has 0 fully saturated rings. The summed E-state index contributed by atoms with van der Waals surface area (Å²) in [5.41, 5.74) is 3.28. The summed E-state index contributed by atoms with van der Waals surface area (Å²) in [6.07, 6.45) is 1.58. The van der Waals surface area contributed by atoms with Crippen LogP contribution in [0.1, 0.15) is 15.9 Å². The van der Waals surface area contributed by atoms with Crippen LogP contribution in [0.15, 0.2) is 22.8 Å². The van der Waals surface area contributed by atoms with Gasteiger partial charge in [0.1, 0.15) is 13.7 Å². The molecule has 23 heavy (non-hydrogen) atoms. The Morgan fingerprint density at radius 2 is 2.04 bits per heavy atom. The number of pyridine rings is 1. The van der Waals surface area contributed by atoms with Crippen LogP contribution in [0.4, 0.5) is 20.3 Å². The van der Waals surface area contributed by atoms with E-state index in [4.69, 9.17) is 0 Å². The first kappa shape index (κ1) is 17.4. The van der Waals surface area contributed by atoms with Crippen LogP contribution in [0.3, 0.4) is 0 Å². The number of carbonyl (C=O) groups is 1. The van der Waals surface area contributed by atoms with Gasteiger partial charge in [-0.05, 0) is 34.5 Å². The molecule has 2 aromatic rings. The Kier molecular flexibility index (Phi) is 5.32. The number of aromatic nitrogens is 1. The second-order valence-corrected chi connectivity index (χ2v) is 5.70. The molecule has 9 heteroatoms. The minimum absolute atomic E-state index is 0.126. The molecular formula is C14H13BBrF2N3O2. The molecule has 2 N–H and O–H groups in total. The van der Waals surface area contributed by atoms with Gasteiger partial charge in [-0.2, -0.15) is 0 Å². The number of hydrogen-bond acceptors (Lipinski definition) is 4. The van der Waals surface area contributed by atoms with Gasteiger partial charge in [-0.1, -0.05) is 11.5 Å². The van der Waals surface area contributed by atoms with Crippen molar-refractivity contribution in [3.05, 3.63) is 45.6 Å². The summed E-state index contributed by atoms with van der Waals surface area (Å²) in [6.45, 7) is 1.77. The molecule has 0 bridgehead atoms. The highest BCUT2D eigenvalue weighted by Gasteiger charge is 2.22. The number of benzene rings is 1. The maximum Gasteiger partial charge on any atom is 0.277 e. The summed E-state index contributed by atoms with van der Waals surface area (Å²) in [4.78, 5) is 20.7. The molecular weight excluding hydrogens is 371 g/mol. The van der Waals surface area contributed by atoms with Gasteiger partial charge < -0.3 is 5.32 Å². The van der Waals surface area contributed by atoms with E-state index in [-0.39, 0.29) is 15.7 Å². The molecule has 0 saturated heterocycles. The molecule has 1 aromatic carbocycles. The normalized spacial score (nSPS) is 10.5. The first-order chi connectivity index (χ1) is 10.8. The monoisotopic (exact) mass is 383 g/mol. The molecule has 0 spiro atoms. The number of nitrogens with zero attached hydrogens (tertiary/aromatic N) is 1. The molecule has 1 amide bonds. The highest BCUT2D eigenvalue weighted by Crippen LogP contribution is 2.31. The number of nitrogens with one attached hydrogen (secondary N) is 2. The third-order valence-electron chi connectivity index (χ3n) is 3.06. The third-order valence-corrected chi connectivity index (χ3v) is 3.64. The topological polar surface area (TPSA) is 63.2 Å². The minimum Gasteiger partial charge on any atom is -0.337 e. The highest BCUT2D eigenvalue weighted by molar-refractivity contribution is 9.10. The van der Waals surface area contributed by atoms with Crippen molar-refractivity contribution in [2.24, 2.45) is 0 Å². The first-order valence-electron chi connectivity index (χ1n) is 6.56. The molecule has 5 nitrogen and oxygen atoms in total. The van der Waals surface area contributed by atoms with E-state index < -0.39 is 17.5 Å². The van der Waals surface area contributed by atoms with E-state index in [2.05, 4.69) is 36.5 Å². The van der Waals surface area contributed by atoms with Crippen LogP contribution in [0.2, 0.25) is 0 Å². The van der Waals surface area contributed by atoms with Gasteiger partial charge >= 0.3 is 0 Å². The molecule has 0 aliphatic heterocycles. The molecule has 0 aliphatic carbocycles. The van der Waals surface area contributed by atoms with Gasteiger partial charge in [0.15, 0.2) is 11.6 Å². The summed E-state index contributed by atoms with van der Waals surface area (Å²) in [5, 5.41) is 2.68. The van der Waals surface area contributed by atoms with E-state index in [1.54, 1.807) is 13.1 Å². The lowest BCUT2D eigenvalue weighted by atomic mass is 9.97. The smallest absolute Gasteiger partial charge is 0.277 e. The van der Waals surface area contributed by atoms with Gasteiger partial charge in [-0.3, -0.25) is 9.63 Å². The zero-order valence-electron chi connectivity index (χ0n) is 12.6. The van der Waals surface area contributed by atoms with Crippen molar-refractivity contribution in [1.82, 2.24) is 10.5 Å². The van der Waals surface area contributed by atoms with Crippen molar-refractivity contribution in [2.45, 2.75) is 6.92 Å². The Labute approximate surface area is 140 Å². The Morgan fingerprint density at radius 1 is 1.35 bits per heavy atom. The Balaban J connectivity index is 2.55. The van der Waals surface area contributed by atoms with Gasteiger partial charge in [0, 0.05) is 6.20 Å². The van der Waals surface area contributed by atoms with E-state index in [1.807, 2.05) is 13.9 Å². The molecule has 0 saturated carbocycles. The van der Waals surface area contributed by atoms with Crippen LogP contribution < -0.4 is 16.3 Å². The van der Waals surface area contributed by atoms with E-state index in [1.165, 1.54) is 13.2 Å². The number of aryl methyl sites for hydroxylation is 1. The second kappa shape index (κ2) is 7.05. The van der Waals surface area contributed by atoms with Crippen molar-refractivity contribution in [2.75, 3.05) is 12.4 Å². The summed E-state index contributed by atoms with van der Waals surface area (Å²) in [6, 6.07) is 3.00. The molecule has 1 aromatic heterocycles. The fourth-order valence-electron chi connectivity index (χ4n) is 2.01. The van der Waals surface area contributed by atoms with Crippen molar-refractivity contribution in [1.29, 1.82) is 0 Å². The van der Waals surface area contributed by atoms with E-state index in [0.717, 1.165) is 11.0 Å². The molecule has 0 unspecified atom stereocenters. The number of carbonyl (C=O) groups excluding carboxylic acids is 1. The van der Waals surface area contributed by atoms with Gasteiger partial charge in [-0.15, -0.1) is 0 Å². The van der Waals surface area contributed by atoms with Gasteiger partial charge in [0.2, 0.25) is 0 Å². The lowest BCUT2D eigenvalue weighted by Gasteiger charge is -2.15. The molecule has 120 valence electrons. The van der Waals surface area contributed by atoms with E-state index in [0.29, 0.717) is 5.82 Å². The fourth-order valence-corrected chi connectivity index (χ4v) is 2.41. The molecule has 0 aliphatic rings. The SMILES string of the molecule is Bc1cnc(Nc2c(C(=O)NOC)cc(Br)c(F)c2F)c(C)c1. The number of anilines is 2. The average molecular weight is 384 g/mol. The summed E-state index contributed by atoms with van der Waals surface area (Å²) in [5.74, 6) is -2.70. The van der Waals surface area contributed by atoms with Gasteiger partial charge in [-0.25, -0.2) is 19.2 Å². The molecule has 0 atom stereocenters. The van der Waals surface area contributed by atoms with Crippen LogP contribution >= 0.6 is 15.9 Å².